The van der Waals surface area contributed by atoms with Crippen molar-refractivity contribution in [2.75, 3.05) is 0 Å². The summed E-state index contributed by atoms with van der Waals surface area (Å²) in [5, 5.41) is 3.92. The van der Waals surface area contributed by atoms with Crippen LogP contribution in [0.5, 0.6) is 0 Å². The average Bonchev–Trinajstić information content (AvgIpc) is 3.13. The standard InChI is InChI=1S/C21H16Cl2N4O/c22-16-7-6-15(17(23)10-16)9-21(28)25-12-14-5-8-20(24-11-14)27-13-26-18-3-1-2-4-19(18)27/h1-8,10-11,13H,9,12H2,(H,25,28). The molecule has 1 N–H and O–H groups in total. The molecule has 2 aromatic carbocycles. The number of nitrogens with one attached hydrogen (secondary N) is 1. The molecule has 0 unspecified atom stereocenters. The molecule has 0 saturated heterocycles. The summed E-state index contributed by atoms with van der Waals surface area (Å²) in [6, 6.07) is 16.8. The molecule has 0 aliphatic carbocycles. The number of fused-ring (bicyclic) bond motifs is 1. The van der Waals surface area contributed by atoms with Crippen LogP contribution in [0, 0.1) is 0 Å². The summed E-state index contributed by atoms with van der Waals surface area (Å²) >= 11 is 12.0. The normalized spacial score (nSPS) is 10.9. The Kier molecular flexibility index (Phi) is 5.28. The maximum atomic E-state index is 12.2. The highest BCUT2D eigenvalue weighted by atomic mass is 35.5. The van der Waals surface area contributed by atoms with Gasteiger partial charge in [-0.25, -0.2) is 9.97 Å². The van der Waals surface area contributed by atoms with E-state index >= 15 is 0 Å². The van der Waals surface area contributed by atoms with Crippen molar-refractivity contribution < 1.29 is 4.79 Å². The van der Waals surface area contributed by atoms with Crippen LogP contribution in [0.4, 0.5) is 0 Å². The van der Waals surface area contributed by atoms with E-state index in [1.54, 1.807) is 30.7 Å². The smallest absolute Gasteiger partial charge is 0.224 e. The Bertz CT molecular complexity index is 1140. The number of carbonyl (C=O) groups excluding carboxylic acids is 1. The predicted octanol–water partition coefficient (Wildman–Crippen LogP) is 4.59. The Labute approximate surface area is 171 Å². The third kappa shape index (κ3) is 4.01. The van der Waals surface area contributed by atoms with Crippen molar-refractivity contribution >= 4 is 40.1 Å². The van der Waals surface area contributed by atoms with Gasteiger partial charge in [0.15, 0.2) is 0 Å². The first-order valence-corrected chi connectivity index (χ1v) is 9.44. The Balaban J connectivity index is 1.40. The van der Waals surface area contributed by atoms with Gasteiger partial charge in [-0.3, -0.25) is 9.36 Å². The zero-order chi connectivity index (χ0) is 19.5. The number of halogens is 2. The summed E-state index contributed by atoms with van der Waals surface area (Å²) in [6.45, 7) is 0.391. The van der Waals surface area contributed by atoms with Crippen molar-refractivity contribution in [3.63, 3.8) is 0 Å². The van der Waals surface area contributed by atoms with E-state index in [0.29, 0.717) is 16.6 Å². The second-order valence-corrected chi connectivity index (χ2v) is 7.16. The van der Waals surface area contributed by atoms with E-state index in [9.17, 15) is 4.79 Å². The second kappa shape index (κ2) is 8.00. The number of nitrogens with zero attached hydrogens (tertiary/aromatic N) is 3. The highest BCUT2D eigenvalue weighted by Crippen LogP contribution is 2.21. The average molecular weight is 411 g/mol. The van der Waals surface area contributed by atoms with Crippen molar-refractivity contribution in [2.24, 2.45) is 0 Å². The fraction of sp³-hybridized carbons (Fsp3) is 0.0952. The first kappa shape index (κ1) is 18.5. The number of imidazole rings is 1. The van der Waals surface area contributed by atoms with Crippen molar-refractivity contribution in [3.8, 4) is 5.82 Å². The molecule has 4 rings (SSSR count). The van der Waals surface area contributed by atoms with Crippen LogP contribution in [-0.2, 0) is 17.8 Å². The van der Waals surface area contributed by atoms with Gasteiger partial charge in [-0.15, -0.1) is 0 Å². The van der Waals surface area contributed by atoms with Gasteiger partial charge in [0.25, 0.3) is 0 Å². The highest BCUT2D eigenvalue weighted by molar-refractivity contribution is 6.35. The number of pyridine rings is 1. The summed E-state index contributed by atoms with van der Waals surface area (Å²) in [7, 11) is 0. The third-order valence-corrected chi connectivity index (χ3v) is 4.95. The van der Waals surface area contributed by atoms with E-state index in [1.807, 2.05) is 41.0 Å². The minimum atomic E-state index is -0.117. The summed E-state index contributed by atoms with van der Waals surface area (Å²) in [6.07, 6.45) is 3.70. The lowest BCUT2D eigenvalue weighted by Crippen LogP contribution is -2.24. The van der Waals surface area contributed by atoms with E-state index in [1.165, 1.54) is 0 Å². The summed E-state index contributed by atoms with van der Waals surface area (Å²) in [5.74, 6) is 0.658. The number of para-hydroxylation sites is 2. The van der Waals surface area contributed by atoms with E-state index in [4.69, 9.17) is 23.2 Å². The zero-order valence-electron chi connectivity index (χ0n) is 14.8. The lowest BCUT2D eigenvalue weighted by atomic mass is 10.1. The molecule has 0 fully saturated rings. The molecule has 7 heteroatoms. The van der Waals surface area contributed by atoms with Gasteiger partial charge in [-0.05, 0) is 41.5 Å². The molecule has 0 bridgehead atoms. The number of benzene rings is 2. The molecule has 4 aromatic rings. The molecule has 1 amide bonds. The number of hydrogen-bond donors (Lipinski definition) is 1. The molecule has 2 aromatic heterocycles. The third-order valence-electron chi connectivity index (χ3n) is 4.37. The second-order valence-electron chi connectivity index (χ2n) is 6.32. The summed E-state index contributed by atoms with van der Waals surface area (Å²) in [5.41, 5.74) is 3.56. The van der Waals surface area contributed by atoms with Crippen LogP contribution in [0.3, 0.4) is 0 Å². The maximum absolute atomic E-state index is 12.2. The molecule has 0 radical (unpaired) electrons. The van der Waals surface area contributed by atoms with Gasteiger partial charge in [-0.2, -0.15) is 0 Å². The molecule has 0 spiro atoms. The van der Waals surface area contributed by atoms with Crippen LogP contribution in [0.25, 0.3) is 16.9 Å². The van der Waals surface area contributed by atoms with Crippen LogP contribution in [-0.4, -0.2) is 20.4 Å². The molecule has 0 aliphatic rings. The van der Waals surface area contributed by atoms with Gasteiger partial charge in [0.2, 0.25) is 5.91 Å². The predicted molar refractivity (Wildman–Crippen MR) is 111 cm³/mol. The lowest BCUT2D eigenvalue weighted by molar-refractivity contribution is -0.120. The lowest BCUT2D eigenvalue weighted by Gasteiger charge is -2.08. The molecule has 28 heavy (non-hydrogen) atoms. The molecule has 2 heterocycles. The minimum absolute atomic E-state index is 0.117. The van der Waals surface area contributed by atoms with Crippen molar-refractivity contribution in [1.29, 1.82) is 0 Å². The maximum Gasteiger partial charge on any atom is 0.224 e. The number of amides is 1. The van der Waals surface area contributed by atoms with Crippen molar-refractivity contribution in [3.05, 3.63) is 88.3 Å². The van der Waals surface area contributed by atoms with E-state index in [2.05, 4.69) is 15.3 Å². The van der Waals surface area contributed by atoms with Crippen LogP contribution >= 0.6 is 23.2 Å². The fourth-order valence-electron chi connectivity index (χ4n) is 2.91. The fourth-order valence-corrected chi connectivity index (χ4v) is 3.38. The zero-order valence-corrected chi connectivity index (χ0v) is 16.3. The molecule has 0 saturated carbocycles. The summed E-state index contributed by atoms with van der Waals surface area (Å²) in [4.78, 5) is 21.1. The molecule has 0 aliphatic heterocycles. The van der Waals surface area contributed by atoms with E-state index < -0.39 is 0 Å². The quantitative estimate of drug-likeness (QED) is 0.523. The van der Waals surface area contributed by atoms with Gasteiger partial charge in [0.05, 0.1) is 17.5 Å². The Morgan fingerprint density at radius 2 is 1.89 bits per heavy atom. The molecule has 140 valence electrons. The van der Waals surface area contributed by atoms with E-state index in [-0.39, 0.29) is 12.3 Å². The van der Waals surface area contributed by atoms with Gasteiger partial charge < -0.3 is 5.32 Å². The highest BCUT2D eigenvalue weighted by Gasteiger charge is 2.09. The number of hydrogen-bond acceptors (Lipinski definition) is 3. The Morgan fingerprint density at radius 3 is 2.68 bits per heavy atom. The number of carbonyl (C=O) groups is 1. The first-order chi connectivity index (χ1) is 13.6. The van der Waals surface area contributed by atoms with Gasteiger partial charge in [-0.1, -0.05) is 47.5 Å². The van der Waals surface area contributed by atoms with Gasteiger partial charge >= 0.3 is 0 Å². The van der Waals surface area contributed by atoms with Gasteiger partial charge in [0.1, 0.15) is 12.1 Å². The van der Waals surface area contributed by atoms with Crippen LogP contribution in [0.15, 0.2) is 67.1 Å². The van der Waals surface area contributed by atoms with Crippen molar-refractivity contribution in [1.82, 2.24) is 19.9 Å². The Hall–Kier alpha value is -2.89. The molecular weight excluding hydrogens is 395 g/mol. The van der Waals surface area contributed by atoms with Crippen LogP contribution < -0.4 is 5.32 Å². The summed E-state index contributed by atoms with van der Waals surface area (Å²) < 4.78 is 1.93. The SMILES string of the molecule is O=C(Cc1ccc(Cl)cc1Cl)NCc1ccc(-n2cnc3ccccc32)nc1. The Morgan fingerprint density at radius 1 is 1.04 bits per heavy atom. The molecule has 5 nitrogen and oxygen atoms in total. The van der Waals surface area contributed by atoms with Gasteiger partial charge in [0, 0.05) is 22.8 Å². The number of aromatic nitrogens is 3. The monoisotopic (exact) mass is 410 g/mol. The number of rotatable bonds is 5. The van der Waals surface area contributed by atoms with Crippen LogP contribution in [0.1, 0.15) is 11.1 Å². The molecular formula is C21H16Cl2N4O. The largest absolute Gasteiger partial charge is 0.352 e. The van der Waals surface area contributed by atoms with Crippen molar-refractivity contribution in [2.45, 2.75) is 13.0 Å². The van der Waals surface area contributed by atoms with E-state index in [0.717, 1.165) is 28.0 Å². The molecule has 0 atom stereocenters. The van der Waals surface area contributed by atoms with Crippen LogP contribution in [0.2, 0.25) is 10.0 Å². The topological polar surface area (TPSA) is 59.8 Å². The first-order valence-electron chi connectivity index (χ1n) is 8.68. The minimum Gasteiger partial charge on any atom is -0.352 e.